The lowest BCUT2D eigenvalue weighted by Gasteiger charge is -2.29. The van der Waals surface area contributed by atoms with Crippen LogP contribution < -0.4 is 5.73 Å². The number of pyridine rings is 1. The second-order valence-corrected chi connectivity index (χ2v) is 5.08. The van der Waals surface area contributed by atoms with Crippen molar-refractivity contribution in [2.45, 2.75) is 38.5 Å². The number of aromatic nitrogens is 1. The highest BCUT2D eigenvalue weighted by atomic mass is 19.1. The summed E-state index contributed by atoms with van der Waals surface area (Å²) in [4.78, 5) is 16.3. The molecule has 1 aromatic heterocycles. The highest BCUT2D eigenvalue weighted by molar-refractivity contribution is 6.00. The van der Waals surface area contributed by atoms with E-state index in [-0.39, 0.29) is 11.3 Å². The van der Waals surface area contributed by atoms with Crippen molar-refractivity contribution < 1.29 is 9.18 Å². The predicted molar refractivity (Wildman–Crippen MR) is 67.7 cm³/mol. The van der Waals surface area contributed by atoms with Crippen LogP contribution in [0.15, 0.2) is 18.5 Å². The molecule has 0 spiro atoms. The first-order valence-electron chi connectivity index (χ1n) is 6.54. The Bertz CT molecular complexity index is 426. The second kappa shape index (κ2) is 5.57. The van der Waals surface area contributed by atoms with Gasteiger partial charge in [-0.05, 0) is 18.9 Å². The summed E-state index contributed by atoms with van der Waals surface area (Å²) >= 11 is 0. The van der Waals surface area contributed by atoms with Crippen LogP contribution in [0.1, 0.15) is 48.9 Å². The molecule has 1 aliphatic rings. The highest BCUT2D eigenvalue weighted by Crippen LogP contribution is 2.37. The third kappa shape index (κ3) is 2.43. The van der Waals surface area contributed by atoms with Crippen LogP contribution in [0.2, 0.25) is 0 Å². The molecule has 0 radical (unpaired) electrons. The van der Waals surface area contributed by atoms with E-state index in [1.807, 2.05) is 0 Å². The molecule has 0 unspecified atom stereocenters. The first kappa shape index (κ1) is 13.1. The van der Waals surface area contributed by atoms with Crippen molar-refractivity contribution in [3.63, 3.8) is 0 Å². The second-order valence-electron chi connectivity index (χ2n) is 5.08. The van der Waals surface area contributed by atoms with Gasteiger partial charge in [-0.2, -0.15) is 0 Å². The monoisotopic (exact) mass is 250 g/mol. The Kier molecular flexibility index (Phi) is 4.07. The number of hydrogen-bond acceptors (Lipinski definition) is 3. The van der Waals surface area contributed by atoms with Gasteiger partial charge in [-0.1, -0.05) is 25.7 Å². The molecule has 2 N–H and O–H groups in total. The van der Waals surface area contributed by atoms with Gasteiger partial charge in [0.1, 0.15) is 0 Å². The SMILES string of the molecule is NCC1(C(=O)c2ccncc2F)CCCCCC1. The molecule has 1 heterocycles. The molecule has 1 aliphatic carbocycles. The largest absolute Gasteiger partial charge is 0.329 e. The first-order valence-corrected chi connectivity index (χ1v) is 6.54. The normalized spacial score (nSPS) is 19.2. The molecular weight excluding hydrogens is 231 g/mol. The number of carbonyl (C=O) groups excluding carboxylic acids is 1. The highest BCUT2D eigenvalue weighted by Gasteiger charge is 2.38. The van der Waals surface area contributed by atoms with Crippen molar-refractivity contribution in [1.82, 2.24) is 4.98 Å². The van der Waals surface area contributed by atoms with Crippen molar-refractivity contribution >= 4 is 5.78 Å². The van der Waals surface area contributed by atoms with Gasteiger partial charge in [0, 0.05) is 18.2 Å². The van der Waals surface area contributed by atoms with E-state index in [9.17, 15) is 9.18 Å². The predicted octanol–water partition coefficient (Wildman–Crippen LogP) is 2.70. The molecule has 1 fully saturated rings. The van der Waals surface area contributed by atoms with E-state index in [0.29, 0.717) is 6.54 Å². The van der Waals surface area contributed by atoms with E-state index < -0.39 is 11.2 Å². The van der Waals surface area contributed by atoms with Gasteiger partial charge in [0.2, 0.25) is 0 Å². The first-order chi connectivity index (χ1) is 8.69. The van der Waals surface area contributed by atoms with Crippen LogP contribution in [0.5, 0.6) is 0 Å². The lowest BCUT2D eigenvalue weighted by Crippen LogP contribution is -2.38. The Labute approximate surface area is 107 Å². The third-order valence-corrected chi connectivity index (χ3v) is 3.95. The quantitative estimate of drug-likeness (QED) is 0.663. The fourth-order valence-electron chi connectivity index (χ4n) is 2.77. The number of ketones is 1. The zero-order valence-electron chi connectivity index (χ0n) is 10.5. The number of halogens is 1. The Morgan fingerprint density at radius 1 is 1.33 bits per heavy atom. The lowest BCUT2D eigenvalue weighted by atomic mass is 9.74. The minimum atomic E-state index is -0.571. The molecule has 3 nitrogen and oxygen atoms in total. The molecule has 18 heavy (non-hydrogen) atoms. The van der Waals surface area contributed by atoms with Crippen molar-refractivity contribution in [1.29, 1.82) is 0 Å². The van der Waals surface area contributed by atoms with Crippen LogP contribution in [0.4, 0.5) is 4.39 Å². The Morgan fingerprint density at radius 3 is 2.56 bits per heavy atom. The molecule has 4 heteroatoms. The minimum Gasteiger partial charge on any atom is -0.329 e. The van der Waals surface area contributed by atoms with E-state index in [1.54, 1.807) is 0 Å². The van der Waals surface area contributed by atoms with Gasteiger partial charge < -0.3 is 5.73 Å². The van der Waals surface area contributed by atoms with E-state index in [4.69, 9.17) is 5.73 Å². The average Bonchev–Trinajstić information content (AvgIpc) is 2.65. The van der Waals surface area contributed by atoms with Gasteiger partial charge in [-0.15, -0.1) is 0 Å². The van der Waals surface area contributed by atoms with Crippen LogP contribution in [-0.2, 0) is 0 Å². The maximum atomic E-state index is 13.7. The fraction of sp³-hybridized carbons (Fsp3) is 0.571. The molecule has 0 saturated heterocycles. The van der Waals surface area contributed by atoms with Crippen LogP contribution in [0, 0.1) is 11.2 Å². The number of nitrogens with two attached hydrogens (primary N) is 1. The van der Waals surface area contributed by atoms with Crippen molar-refractivity contribution in [3.8, 4) is 0 Å². The number of carbonyl (C=O) groups is 1. The Balaban J connectivity index is 2.32. The maximum Gasteiger partial charge on any atom is 0.173 e. The standard InChI is InChI=1S/C14H19FN2O/c15-12-9-17-8-5-11(12)13(18)14(10-16)6-3-1-2-4-7-14/h5,8-9H,1-4,6-7,10,16H2. The van der Waals surface area contributed by atoms with Crippen molar-refractivity contribution in [3.05, 3.63) is 29.8 Å². The molecule has 1 saturated carbocycles. The van der Waals surface area contributed by atoms with E-state index in [1.165, 1.54) is 12.3 Å². The summed E-state index contributed by atoms with van der Waals surface area (Å²) in [5, 5.41) is 0. The molecular formula is C14H19FN2O. The number of hydrogen-bond donors (Lipinski definition) is 1. The topological polar surface area (TPSA) is 56.0 Å². The van der Waals surface area contributed by atoms with Crippen LogP contribution in [0.3, 0.4) is 0 Å². The third-order valence-electron chi connectivity index (χ3n) is 3.95. The molecule has 0 amide bonds. The summed E-state index contributed by atoms with van der Waals surface area (Å²) in [6.45, 7) is 0.299. The van der Waals surface area contributed by atoms with E-state index in [0.717, 1.165) is 44.7 Å². The van der Waals surface area contributed by atoms with Gasteiger partial charge in [-0.3, -0.25) is 9.78 Å². The van der Waals surface area contributed by atoms with Gasteiger partial charge >= 0.3 is 0 Å². The van der Waals surface area contributed by atoms with Crippen molar-refractivity contribution in [2.24, 2.45) is 11.1 Å². The summed E-state index contributed by atoms with van der Waals surface area (Å²) in [6, 6.07) is 1.46. The van der Waals surface area contributed by atoms with Crippen LogP contribution >= 0.6 is 0 Å². The molecule has 0 aliphatic heterocycles. The number of Topliss-reactive ketones (excluding diaryl/α,β-unsaturated/α-hetero) is 1. The lowest BCUT2D eigenvalue weighted by molar-refractivity contribution is 0.0769. The summed E-state index contributed by atoms with van der Waals surface area (Å²) in [6.07, 6.45) is 8.34. The summed E-state index contributed by atoms with van der Waals surface area (Å²) < 4.78 is 13.7. The Hall–Kier alpha value is -1.29. The smallest absolute Gasteiger partial charge is 0.173 e. The molecule has 2 rings (SSSR count). The molecule has 0 atom stereocenters. The average molecular weight is 250 g/mol. The molecule has 1 aromatic rings. The summed E-state index contributed by atoms with van der Waals surface area (Å²) in [7, 11) is 0. The Morgan fingerprint density at radius 2 is 2.00 bits per heavy atom. The van der Waals surface area contributed by atoms with E-state index in [2.05, 4.69) is 4.98 Å². The molecule has 0 bridgehead atoms. The zero-order valence-corrected chi connectivity index (χ0v) is 10.5. The van der Waals surface area contributed by atoms with Gasteiger partial charge in [0.15, 0.2) is 11.6 Å². The fourth-order valence-corrected chi connectivity index (χ4v) is 2.77. The summed E-state index contributed by atoms with van der Waals surface area (Å²) in [5.74, 6) is -0.689. The molecule has 98 valence electrons. The van der Waals surface area contributed by atoms with Gasteiger partial charge in [0.05, 0.1) is 11.8 Å². The van der Waals surface area contributed by atoms with Crippen molar-refractivity contribution in [2.75, 3.05) is 6.54 Å². The van der Waals surface area contributed by atoms with Gasteiger partial charge in [0.25, 0.3) is 0 Å². The maximum absolute atomic E-state index is 13.7. The number of nitrogens with zero attached hydrogens (tertiary/aromatic N) is 1. The summed E-state index contributed by atoms with van der Waals surface area (Å²) in [5.41, 5.74) is 5.40. The number of rotatable bonds is 3. The van der Waals surface area contributed by atoms with E-state index >= 15 is 0 Å². The molecule has 0 aromatic carbocycles. The van der Waals surface area contributed by atoms with Crippen LogP contribution in [0.25, 0.3) is 0 Å². The van der Waals surface area contributed by atoms with Gasteiger partial charge in [-0.25, -0.2) is 4.39 Å². The minimum absolute atomic E-state index is 0.136. The zero-order chi connectivity index (χ0) is 13.0. The van der Waals surface area contributed by atoms with Crippen LogP contribution in [-0.4, -0.2) is 17.3 Å².